The first-order valence-electron chi connectivity index (χ1n) is 13.1. The number of nitrogens with zero attached hydrogens (tertiary/aromatic N) is 3. The van der Waals surface area contributed by atoms with Gasteiger partial charge in [-0.15, -0.1) is 0 Å². The van der Waals surface area contributed by atoms with Gasteiger partial charge in [0.15, 0.2) is 0 Å². The monoisotopic (exact) mass is 630 g/mol. The molecule has 0 radical (unpaired) electrons. The van der Waals surface area contributed by atoms with E-state index < -0.39 is 16.1 Å². The van der Waals surface area contributed by atoms with Crippen molar-refractivity contribution in [3.63, 3.8) is 0 Å². The number of aliphatic hydroxyl groups excluding tert-OH is 1. The molecule has 0 bridgehead atoms. The second-order valence-electron chi connectivity index (χ2n) is 9.64. The Labute approximate surface area is 258 Å². The molecule has 1 aliphatic rings. The fraction of sp³-hybridized carbons (Fsp3) is 0.0312. The van der Waals surface area contributed by atoms with Gasteiger partial charge in [-0.2, -0.15) is 8.42 Å². The molecule has 43 heavy (non-hydrogen) atoms. The average molecular weight is 632 g/mol. The van der Waals surface area contributed by atoms with Crippen LogP contribution in [0.4, 0.5) is 5.69 Å². The van der Waals surface area contributed by atoms with Crippen molar-refractivity contribution in [1.82, 2.24) is 14.3 Å². The van der Waals surface area contributed by atoms with E-state index in [0.717, 1.165) is 38.7 Å². The number of anilines is 1. The summed E-state index contributed by atoms with van der Waals surface area (Å²) in [6.45, 7) is 0.452. The predicted octanol–water partition coefficient (Wildman–Crippen LogP) is 7.88. The molecule has 1 aliphatic heterocycles. The van der Waals surface area contributed by atoms with E-state index >= 15 is 0 Å². The highest BCUT2D eigenvalue weighted by molar-refractivity contribution is 7.91. The van der Waals surface area contributed by atoms with Gasteiger partial charge in [0.05, 0.1) is 22.6 Å². The molecule has 0 atom stereocenters. The Hall–Kier alpha value is -4.70. The highest BCUT2D eigenvalue weighted by Gasteiger charge is 2.28. The largest absolute Gasteiger partial charge is 0.493 e. The lowest BCUT2D eigenvalue weighted by atomic mass is 10.1. The number of halogens is 2. The molecule has 0 unspecified atom stereocenters. The Morgan fingerprint density at radius 3 is 2.28 bits per heavy atom. The second-order valence-corrected chi connectivity index (χ2v) is 12.0. The SMILES string of the molecule is O=S1(=O)NC(O)=CN1c1ccc(Cn2cc(-c3ccc(Cl)cc3Cl)nc2C=Cc2ccc(Oc3ccccc3)cc2)cc1. The minimum absolute atomic E-state index is 0.388. The maximum atomic E-state index is 12.2. The molecule has 5 aromatic rings. The highest BCUT2D eigenvalue weighted by Crippen LogP contribution is 2.31. The summed E-state index contributed by atoms with van der Waals surface area (Å²) in [5.74, 6) is 1.75. The summed E-state index contributed by atoms with van der Waals surface area (Å²) in [7, 11) is -3.87. The maximum absolute atomic E-state index is 12.2. The molecular weight excluding hydrogens is 607 g/mol. The van der Waals surface area contributed by atoms with Gasteiger partial charge in [0.2, 0.25) is 5.88 Å². The normalized spacial score (nSPS) is 14.1. The van der Waals surface area contributed by atoms with Crippen LogP contribution in [0.1, 0.15) is 17.0 Å². The number of aliphatic hydroxyl groups is 1. The van der Waals surface area contributed by atoms with Crippen LogP contribution in [0.3, 0.4) is 0 Å². The van der Waals surface area contributed by atoms with E-state index in [2.05, 4.69) is 0 Å². The van der Waals surface area contributed by atoms with Crippen molar-refractivity contribution >= 4 is 51.3 Å². The maximum Gasteiger partial charge on any atom is 0.330 e. The topological polar surface area (TPSA) is 96.7 Å². The molecule has 2 N–H and O–H groups in total. The van der Waals surface area contributed by atoms with E-state index in [9.17, 15) is 13.5 Å². The lowest BCUT2D eigenvalue weighted by Gasteiger charge is -2.14. The lowest BCUT2D eigenvalue weighted by molar-refractivity contribution is 0.392. The average Bonchev–Trinajstić information content (AvgIpc) is 3.51. The van der Waals surface area contributed by atoms with E-state index in [1.54, 1.807) is 24.3 Å². The molecule has 216 valence electrons. The van der Waals surface area contributed by atoms with Crippen molar-refractivity contribution in [3.05, 3.63) is 142 Å². The first-order chi connectivity index (χ1) is 20.7. The van der Waals surface area contributed by atoms with Crippen molar-refractivity contribution in [1.29, 1.82) is 0 Å². The summed E-state index contributed by atoms with van der Waals surface area (Å²) >= 11 is 12.6. The van der Waals surface area contributed by atoms with Crippen LogP contribution in [-0.2, 0) is 16.8 Å². The van der Waals surface area contributed by atoms with E-state index in [0.29, 0.717) is 33.8 Å². The van der Waals surface area contributed by atoms with Gasteiger partial charge in [-0.3, -0.25) is 0 Å². The van der Waals surface area contributed by atoms with Crippen molar-refractivity contribution in [2.75, 3.05) is 4.31 Å². The first kappa shape index (κ1) is 28.4. The standard InChI is InChI=1S/C32H24Cl2N4O4S/c33-24-11-16-28(29(34)18-24)30-20-37(19-23-6-12-25(13-7-23)38-21-32(39)36-43(38,40)41)31(35-30)17-10-22-8-14-27(15-9-22)42-26-4-2-1-3-5-26/h1-18,20-21,36,39H,19H2. The number of rotatable bonds is 8. The minimum atomic E-state index is -3.87. The first-order valence-corrected chi connectivity index (χ1v) is 15.3. The number of nitrogens with one attached hydrogen (secondary N) is 1. The van der Waals surface area contributed by atoms with Crippen LogP contribution in [0, 0.1) is 0 Å². The number of imidazole rings is 1. The van der Waals surface area contributed by atoms with Gasteiger partial charge in [-0.05, 0) is 71.8 Å². The fourth-order valence-electron chi connectivity index (χ4n) is 4.51. The summed E-state index contributed by atoms with van der Waals surface area (Å²) in [6.07, 6.45) is 6.91. The number of ether oxygens (including phenoxy) is 1. The van der Waals surface area contributed by atoms with E-state index in [-0.39, 0.29) is 0 Å². The van der Waals surface area contributed by atoms with Gasteiger partial charge in [-0.1, -0.05) is 71.7 Å². The molecule has 0 spiro atoms. The Morgan fingerprint density at radius 2 is 1.60 bits per heavy atom. The van der Waals surface area contributed by atoms with Crippen LogP contribution < -0.4 is 13.8 Å². The number of hydrogen-bond acceptors (Lipinski definition) is 5. The van der Waals surface area contributed by atoms with Crippen LogP contribution in [-0.4, -0.2) is 23.1 Å². The van der Waals surface area contributed by atoms with Crippen molar-refractivity contribution < 1.29 is 18.3 Å². The molecule has 0 aliphatic carbocycles. The molecule has 1 aromatic heterocycles. The smallest absolute Gasteiger partial charge is 0.330 e. The zero-order valence-corrected chi connectivity index (χ0v) is 24.8. The Morgan fingerprint density at radius 1 is 0.884 bits per heavy atom. The summed E-state index contributed by atoms with van der Waals surface area (Å²) in [5.41, 5.74) is 3.68. The highest BCUT2D eigenvalue weighted by atomic mass is 35.5. The Bertz CT molecular complexity index is 1940. The molecule has 0 saturated heterocycles. The number of aromatic nitrogens is 2. The number of benzene rings is 4. The molecule has 2 heterocycles. The summed E-state index contributed by atoms with van der Waals surface area (Å²) in [5, 5.41) is 10.6. The third-order valence-electron chi connectivity index (χ3n) is 6.57. The summed E-state index contributed by atoms with van der Waals surface area (Å²) in [6, 6.07) is 29.6. The van der Waals surface area contributed by atoms with Gasteiger partial charge in [0.1, 0.15) is 17.3 Å². The number of para-hydroxylation sites is 1. The molecule has 11 heteroatoms. The predicted molar refractivity (Wildman–Crippen MR) is 170 cm³/mol. The van der Waals surface area contributed by atoms with E-state index in [4.69, 9.17) is 32.9 Å². The molecule has 8 nitrogen and oxygen atoms in total. The van der Waals surface area contributed by atoms with Crippen molar-refractivity contribution in [2.45, 2.75) is 6.54 Å². The Kier molecular flexibility index (Phi) is 7.86. The Balaban J connectivity index is 1.27. The van der Waals surface area contributed by atoms with Gasteiger partial charge in [-0.25, -0.2) is 14.0 Å². The van der Waals surface area contributed by atoms with Crippen molar-refractivity contribution in [3.8, 4) is 22.8 Å². The molecule has 0 saturated carbocycles. The van der Waals surface area contributed by atoms with Gasteiger partial charge >= 0.3 is 10.2 Å². The molecular formula is C32H24Cl2N4O4S. The van der Waals surface area contributed by atoms with E-state index in [1.165, 1.54) is 0 Å². The quantitative estimate of drug-likeness (QED) is 0.182. The van der Waals surface area contributed by atoms with Crippen molar-refractivity contribution in [2.24, 2.45) is 0 Å². The lowest BCUT2D eigenvalue weighted by Crippen LogP contribution is -2.29. The molecule has 6 rings (SSSR count). The molecule has 4 aromatic carbocycles. The molecule has 0 fully saturated rings. The fourth-order valence-corrected chi connectivity index (χ4v) is 6.06. The van der Waals surface area contributed by atoms with E-state index in [1.807, 2.05) is 100 Å². The van der Waals surface area contributed by atoms with Crippen LogP contribution in [0.15, 0.2) is 115 Å². The van der Waals surface area contributed by atoms with Crippen LogP contribution in [0.5, 0.6) is 11.5 Å². The third kappa shape index (κ3) is 6.54. The third-order valence-corrected chi connectivity index (χ3v) is 8.42. The summed E-state index contributed by atoms with van der Waals surface area (Å²) in [4.78, 5) is 4.86. The molecule has 0 amide bonds. The second kappa shape index (κ2) is 11.9. The van der Waals surface area contributed by atoms with Crippen LogP contribution >= 0.6 is 23.2 Å². The zero-order valence-electron chi connectivity index (χ0n) is 22.4. The van der Waals surface area contributed by atoms with Gasteiger partial charge in [0, 0.05) is 23.3 Å². The van der Waals surface area contributed by atoms with Crippen LogP contribution in [0.25, 0.3) is 23.4 Å². The zero-order chi connectivity index (χ0) is 30.0. The van der Waals surface area contributed by atoms with Gasteiger partial charge in [0.25, 0.3) is 0 Å². The minimum Gasteiger partial charge on any atom is -0.493 e. The van der Waals surface area contributed by atoms with Gasteiger partial charge < -0.3 is 14.4 Å². The summed E-state index contributed by atoms with van der Waals surface area (Å²) < 4.78 is 35.3. The van der Waals surface area contributed by atoms with Crippen LogP contribution in [0.2, 0.25) is 10.0 Å². The number of hydrogen-bond donors (Lipinski definition) is 2.